The van der Waals surface area contributed by atoms with Crippen molar-refractivity contribution in [2.45, 2.75) is 0 Å². The highest BCUT2D eigenvalue weighted by atomic mass is 19.1. The number of carbonyl (C=O) groups is 1. The molecule has 0 amide bonds. The average molecular weight is 300 g/mol. The standard InChI is InChI=1S/C14H9FN4O3/c15-8-1-6-11-16-12(14(21)22)13(19(11)7-8)18-17-9-2-4-10(20)5-3-9/h1-7,20H,(H,21,22). The summed E-state index contributed by atoms with van der Waals surface area (Å²) >= 11 is 0. The third-order valence-electron chi connectivity index (χ3n) is 2.87. The Morgan fingerprint density at radius 1 is 1.14 bits per heavy atom. The maximum Gasteiger partial charge on any atom is 0.358 e. The zero-order valence-electron chi connectivity index (χ0n) is 11.0. The molecule has 7 nitrogen and oxygen atoms in total. The number of azo groups is 1. The van der Waals surface area contributed by atoms with Gasteiger partial charge in [-0.1, -0.05) is 0 Å². The number of aromatic nitrogens is 2. The number of nitrogens with zero attached hydrogens (tertiary/aromatic N) is 4. The van der Waals surface area contributed by atoms with Crippen LogP contribution in [0.2, 0.25) is 0 Å². The Kier molecular flexibility index (Phi) is 3.26. The molecule has 2 aromatic heterocycles. The first kappa shape index (κ1) is 13.7. The molecule has 0 bridgehead atoms. The van der Waals surface area contributed by atoms with Gasteiger partial charge < -0.3 is 10.2 Å². The third-order valence-corrected chi connectivity index (χ3v) is 2.87. The van der Waals surface area contributed by atoms with E-state index in [1.807, 2.05) is 0 Å². The molecule has 2 heterocycles. The predicted octanol–water partition coefficient (Wildman–Crippen LogP) is 3.29. The van der Waals surface area contributed by atoms with Crippen molar-refractivity contribution in [1.29, 1.82) is 0 Å². The molecule has 2 N–H and O–H groups in total. The summed E-state index contributed by atoms with van der Waals surface area (Å²) in [5.41, 5.74) is 0.326. The van der Waals surface area contributed by atoms with Crippen molar-refractivity contribution >= 4 is 23.1 Å². The molecule has 0 unspecified atom stereocenters. The molecule has 0 aliphatic heterocycles. The lowest BCUT2D eigenvalue weighted by Gasteiger charge is -1.97. The highest BCUT2D eigenvalue weighted by Gasteiger charge is 2.18. The van der Waals surface area contributed by atoms with E-state index < -0.39 is 11.8 Å². The number of benzene rings is 1. The van der Waals surface area contributed by atoms with Gasteiger partial charge in [0.2, 0.25) is 0 Å². The fourth-order valence-corrected chi connectivity index (χ4v) is 1.87. The van der Waals surface area contributed by atoms with Crippen LogP contribution < -0.4 is 0 Å². The van der Waals surface area contributed by atoms with E-state index in [9.17, 15) is 14.3 Å². The molecule has 0 aliphatic rings. The summed E-state index contributed by atoms with van der Waals surface area (Å²) in [6, 6.07) is 8.36. The molecule has 0 aliphatic carbocycles. The maximum absolute atomic E-state index is 13.3. The minimum absolute atomic E-state index is 0.0713. The van der Waals surface area contributed by atoms with Gasteiger partial charge in [0, 0.05) is 6.20 Å². The van der Waals surface area contributed by atoms with Crippen molar-refractivity contribution < 1.29 is 19.4 Å². The first-order valence-corrected chi connectivity index (χ1v) is 6.16. The molecular formula is C14H9FN4O3. The molecule has 0 radical (unpaired) electrons. The lowest BCUT2D eigenvalue weighted by atomic mass is 10.3. The number of phenols is 1. The molecule has 0 saturated carbocycles. The van der Waals surface area contributed by atoms with Gasteiger partial charge in [-0.05, 0) is 36.4 Å². The van der Waals surface area contributed by atoms with Crippen LogP contribution in [-0.2, 0) is 0 Å². The fourth-order valence-electron chi connectivity index (χ4n) is 1.87. The van der Waals surface area contributed by atoms with E-state index in [4.69, 9.17) is 5.11 Å². The van der Waals surface area contributed by atoms with Crippen LogP contribution in [0.3, 0.4) is 0 Å². The minimum Gasteiger partial charge on any atom is -0.508 e. The number of rotatable bonds is 3. The van der Waals surface area contributed by atoms with Gasteiger partial charge in [0.05, 0.1) is 5.69 Å². The molecule has 8 heteroatoms. The van der Waals surface area contributed by atoms with Gasteiger partial charge in [0.1, 0.15) is 17.2 Å². The van der Waals surface area contributed by atoms with Crippen LogP contribution in [0, 0.1) is 5.82 Å². The van der Waals surface area contributed by atoms with Crippen molar-refractivity contribution in [3.8, 4) is 5.75 Å². The summed E-state index contributed by atoms with van der Waals surface area (Å²) in [5.74, 6) is -1.86. The Bertz CT molecular complexity index is 887. The monoisotopic (exact) mass is 300 g/mol. The fraction of sp³-hybridized carbons (Fsp3) is 0. The lowest BCUT2D eigenvalue weighted by molar-refractivity contribution is 0.0692. The number of carboxylic acids is 1. The van der Waals surface area contributed by atoms with Crippen LogP contribution in [0.1, 0.15) is 10.5 Å². The Labute approximate surface area is 123 Å². The highest BCUT2D eigenvalue weighted by Crippen LogP contribution is 2.25. The number of aromatic hydroxyl groups is 1. The SMILES string of the molecule is O=C(O)c1nc2ccc(F)cn2c1N=Nc1ccc(O)cc1. The molecule has 0 spiro atoms. The minimum atomic E-state index is -1.29. The van der Waals surface area contributed by atoms with E-state index in [1.54, 1.807) is 0 Å². The summed E-state index contributed by atoms with van der Waals surface area (Å²) in [5, 5.41) is 26.1. The van der Waals surface area contributed by atoms with Gasteiger partial charge in [-0.2, -0.15) is 0 Å². The van der Waals surface area contributed by atoms with E-state index in [0.717, 1.165) is 6.20 Å². The van der Waals surface area contributed by atoms with E-state index >= 15 is 0 Å². The van der Waals surface area contributed by atoms with Gasteiger partial charge >= 0.3 is 5.97 Å². The number of hydrogen-bond acceptors (Lipinski definition) is 5. The van der Waals surface area contributed by atoms with Crippen molar-refractivity contribution in [2.24, 2.45) is 10.2 Å². The summed E-state index contributed by atoms with van der Waals surface area (Å²) < 4.78 is 14.5. The van der Waals surface area contributed by atoms with Crippen LogP contribution in [0.4, 0.5) is 15.9 Å². The zero-order chi connectivity index (χ0) is 15.7. The van der Waals surface area contributed by atoms with Crippen LogP contribution in [-0.4, -0.2) is 25.6 Å². The van der Waals surface area contributed by atoms with E-state index in [1.165, 1.54) is 40.8 Å². The second-order valence-corrected chi connectivity index (χ2v) is 4.38. The molecule has 0 saturated heterocycles. The van der Waals surface area contributed by atoms with Crippen LogP contribution in [0.15, 0.2) is 52.8 Å². The Balaban J connectivity index is 2.11. The number of pyridine rings is 1. The number of phenolic OH excluding ortho intramolecular Hbond substituents is 1. The van der Waals surface area contributed by atoms with Gasteiger partial charge in [0.25, 0.3) is 0 Å². The predicted molar refractivity (Wildman–Crippen MR) is 74.4 cm³/mol. The van der Waals surface area contributed by atoms with E-state index in [0.29, 0.717) is 5.69 Å². The number of carboxylic acid groups (broad SMARTS) is 1. The molecule has 22 heavy (non-hydrogen) atoms. The normalized spacial score (nSPS) is 11.3. The smallest absolute Gasteiger partial charge is 0.358 e. The second-order valence-electron chi connectivity index (χ2n) is 4.38. The molecule has 1 aromatic carbocycles. The van der Waals surface area contributed by atoms with Gasteiger partial charge in [0.15, 0.2) is 11.5 Å². The number of hydrogen-bond donors (Lipinski definition) is 2. The number of imidazole rings is 1. The summed E-state index contributed by atoms with van der Waals surface area (Å²) in [6.45, 7) is 0. The third kappa shape index (κ3) is 2.49. The van der Waals surface area contributed by atoms with Gasteiger partial charge in [-0.25, -0.2) is 14.2 Å². The van der Waals surface area contributed by atoms with E-state index in [2.05, 4.69) is 15.2 Å². The summed E-state index contributed by atoms with van der Waals surface area (Å²) in [4.78, 5) is 15.1. The molecule has 3 rings (SSSR count). The van der Waals surface area contributed by atoms with Gasteiger partial charge in [-0.15, -0.1) is 10.2 Å². The van der Waals surface area contributed by atoms with Gasteiger partial charge in [-0.3, -0.25) is 4.40 Å². The van der Waals surface area contributed by atoms with Crippen molar-refractivity contribution in [3.05, 3.63) is 54.1 Å². The molecule has 0 fully saturated rings. The van der Waals surface area contributed by atoms with Crippen LogP contribution in [0.5, 0.6) is 5.75 Å². The number of fused-ring (bicyclic) bond motifs is 1. The van der Waals surface area contributed by atoms with Crippen molar-refractivity contribution in [1.82, 2.24) is 9.38 Å². The number of halogens is 1. The lowest BCUT2D eigenvalue weighted by Crippen LogP contribution is -1.96. The summed E-state index contributed by atoms with van der Waals surface area (Å²) in [6.07, 6.45) is 1.08. The molecular weight excluding hydrogens is 291 g/mol. The van der Waals surface area contributed by atoms with Crippen LogP contribution >= 0.6 is 0 Å². The Morgan fingerprint density at radius 2 is 1.86 bits per heavy atom. The van der Waals surface area contributed by atoms with Crippen molar-refractivity contribution in [2.75, 3.05) is 0 Å². The van der Waals surface area contributed by atoms with Crippen molar-refractivity contribution in [3.63, 3.8) is 0 Å². The molecule has 110 valence electrons. The molecule has 3 aromatic rings. The maximum atomic E-state index is 13.3. The highest BCUT2D eigenvalue weighted by molar-refractivity contribution is 5.91. The first-order valence-electron chi connectivity index (χ1n) is 6.16. The van der Waals surface area contributed by atoms with E-state index in [-0.39, 0.29) is 22.9 Å². The number of aromatic carboxylic acids is 1. The zero-order valence-corrected chi connectivity index (χ0v) is 11.0. The quantitative estimate of drug-likeness (QED) is 0.725. The Hall–Kier alpha value is -3.29. The first-order chi connectivity index (χ1) is 10.5. The topological polar surface area (TPSA) is 99.5 Å². The second kappa shape index (κ2) is 5.24. The van der Waals surface area contributed by atoms with Crippen LogP contribution in [0.25, 0.3) is 5.65 Å². The molecule has 0 atom stereocenters. The average Bonchev–Trinajstić information content (AvgIpc) is 2.85. The largest absolute Gasteiger partial charge is 0.508 e. The Morgan fingerprint density at radius 3 is 2.55 bits per heavy atom. The summed E-state index contributed by atoms with van der Waals surface area (Å²) in [7, 11) is 0.